The van der Waals surface area contributed by atoms with Crippen molar-refractivity contribution in [2.75, 3.05) is 13.1 Å². The molecular formula is C11H19N. The SMILES string of the molecule is CC1CCC(=C2CCNC2)CC1. The third-order valence-electron chi connectivity index (χ3n) is 3.32. The van der Waals surface area contributed by atoms with E-state index in [1.54, 1.807) is 11.1 Å². The van der Waals surface area contributed by atoms with Gasteiger partial charge in [-0.2, -0.15) is 0 Å². The standard InChI is InChI=1S/C11H19N/c1-9-2-4-10(5-3-9)11-6-7-12-8-11/h9,12H,2-8H2,1H3. The summed E-state index contributed by atoms with van der Waals surface area (Å²) in [5.74, 6) is 0.976. The monoisotopic (exact) mass is 165 g/mol. The van der Waals surface area contributed by atoms with Crippen molar-refractivity contribution in [1.82, 2.24) is 5.32 Å². The van der Waals surface area contributed by atoms with Gasteiger partial charge < -0.3 is 5.32 Å². The summed E-state index contributed by atoms with van der Waals surface area (Å²) in [5.41, 5.74) is 3.53. The Bertz CT molecular complexity index is 175. The van der Waals surface area contributed by atoms with Crippen LogP contribution in [0.1, 0.15) is 39.0 Å². The second kappa shape index (κ2) is 3.61. The Hall–Kier alpha value is -0.300. The summed E-state index contributed by atoms with van der Waals surface area (Å²) in [6.07, 6.45) is 6.96. The fourth-order valence-corrected chi connectivity index (χ4v) is 2.33. The molecule has 0 unspecified atom stereocenters. The minimum absolute atomic E-state index is 0.976. The maximum atomic E-state index is 3.42. The van der Waals surface area contributed by atoms with Gasteiger partial charge in [-0.3, -0.25) is 0 Å². The molecule has 0 radical (unpaired) electrons. The lowest BCUT2D eigenvalue weighted by Crippen LogP contribution is -2.08. The van der Waals surface area contributed by atoms with Crippen molar-refractivity contribution in [3.63, 3.8) is 0 Å². The number of allylic oxidation sites excluding steroid dienone is 1. The maximum absolute atomic E-state index is 3.42. The lowest BCUT2D eigenvalue weighted by Gasteiger charge is -2.21. The zero-order valence-corrected chi connectivity index (χ0v) is 8.03. The van der Waals surface area contributed by atoms with Gasteiger partial charge in [0.05, 0.1) is 0 Å². The molecule has 2 fully saturated rings. The molecule has 1 saturated heterocycles. The minimum Gasteiger partial charge on any atom is -0.313 e. The molecule has 12 heavy (non-hydrogen) atoms. The van der Waals surface area contributed by atoms with Crippen molar-refractivity contribution in [3.8, 4) is 0 Å². The molecule has 1 nitrogen and oxygen atoms in total. The van der Waals surface area contributed by atoms with Crippen LogP contribution in [0.5, 0.6) is 0 Å². The third-order valence-corrected chi connectivity index (χ3v) is 3.32. The van der Waals surface area contributed by atoms with E-state index >= 15 is 0 Å². The van der Waals surface area contributed by atoms with Crippen molar-refractivity contribution in [3.05, 3.63) is 11.1 Å². The van der Waals surface area contributed by atoms with E-state index in [0.29, 0.717) is 0 Å². The van der Waals surface area contributed by atoms with Crippen molar-refractivity contribution >= 4 is 0 Å². The first-order valence-corrected chi connectivity index (χ1v) is 5.27. The Balaban J connectivity index is 1.99. The van der Waals surface area contributed by atoms with Gasteiger partial charge in [-0.15, -0.1) is 0 Å². The van der Waals surface area contributed by atoms with Crippen LogP contribution < -0.4 is 5.32 Å². The second-order valence-electron chi connectivity index (χ2n) is 4.32. The molecule has 0 bridgehead atoms. The lowest BCUT2D eigenvalue weighted by molar-refractivity contribution is 0.441. The molecule has 0 spiro atoms. The highest BCUT2D eigenvalue weighted by Gasteiger charge is 2.17. The van der Waals surface area contributed by atoms with Crippen LogP contribution in [0.25, 0.3) is 0 Å². The largest absolute Gasteiger partial charge is 0.313 e. The van der Waals surface area contributed by atoms with Gasteiger partial charge in [0, 0.05) is 6.54 Å². The number of hydrogen-bond acceptors (Lipinski definition) is 1. The maximum Gasteiger partial charge on any atom is 0.0167 e. The Kier molecular flexibility index (Phi) is 2.50. The van der Waals surface area contributed by atoms with Crippen LogP contribution in [0, 0.1) is 5.92 Å². The van der Waals surface area contributed by atoms with E-state index in [0.717, 1.165) is 5.92 Å². The van der Waals surface area contributed by atoms with Gasteiger partial charge in [-0.1, -0.05) is 18.1 Å². The molecule has 1 aliphatic carbocycles. The van der Waals surface area contributed by atoms with E-state index < -0.39 is 0 Å². The molecular weight excluding hydrogens is 146 g/mol. The molecule has 2 rings (SSSR count). The van der Waals surface area contributed by atoms with Crippen molar-refractivity contribution in [2.24, 2.45) is 5.92 Å². The molecule has 1 heteroatoms. The van der Waals surface area contributed by atoms with E-state index in [1.165, 1.54) is 45.2 Å². The van der Waals surface area contributed by atoms with Gasteiger partial charge in [0.15, 0.2) is 0 Å². The van der Waals surface area contributed by atoms with Gasteiger partial charge in [0.1, 0.15) is 0 Å². The van der Waals surface area contributed by atoms with E-state index in [2.05, 4.69) is 12.2 Å². The van der Waals surface area contributed by atoms with Crippen LogP contribution in [-0.2, 0) is 0 Å². The van der Waals surface area contributed by atoms with Gasteiger partial charge in [0.2, 0.25) is 0 Å². The summed E-state index contributed by atoms with van der Waals surface area (Å²) < 4.78 is 0. The van der Waals surface area contributed by atoms with E-state index in [4.69, 9.17) is 0 Å². The summed E-state index contributed by atoms with van der Waals surface area (Å²) in [6.45, 7) is 4.78. The molecule has 1 heterocycles. The molecule has 1 aliphatic heterocycles. The number of hydrogen-bond donors (Lipinski definition) is 1. The quantitative estimate of drug-likeness (QED) is 0.544. The van der Waals surface area contributed by atoms with E-state index in [-0.39, 0.29) is 0 Å². The molecule has 0 aromatic rings. The molecule has 0 aromatic carbocycles. The summed E-state index contributed by atoms with van der Waals surface area (Å²) in [5, 5.41) is 3.42. The first-order valence-electron chi connectivity index (χ1n) is 5.27. The fraction of sp³-hybridized carbons (Fsp3) is 0.818. The summed E-state index contributed by atoms with van der Waals surface area (Å²) >= 11 is 0. The average Bonchev–Trinajstić information content (AvgIpc) is 2.58. The molecule has 0 aromatic heterocycles. The Morgan fingerprint density at radius 1 is 1.08 bits per heavy atom. The van der Waals surface area contributed by atoms with Crippen molar-refractivity contribution in [2.45, 2.75) is 39.0 Å². The van der Waals surface area contributed by atoms with Crippen molar-refractivity contribution < 1.29 is 0 Å². The van der Waals surface area contributed by atoms with Gasteiger partial charge >= 0.3 is 0 Å². The van der Waals surface area contributed by atoms with E-state index in [9.17, 15) is 0 Å². The van der Waals surface area contributed by atoms with Gasteiger partial charge in [-0.25, -0.2) is 0 Å². The third kappa shape index (κ3) is 1.71. The molecule has 0 amide bonds. The fourth-order valence-electron chi connectivity index (χ4n) is 2.33. The Labute approximate surface area is 75.2 Å². The smallest absolute Gasteiger partial charge is 0.0167 e. The summed E-state index contributed by atoms with van der Waals surface area (Å²) in [6, 6.07) is 0. The number of nitrogens with one attached hydrogen (secondary N) is 1. The highest BCUT2D eigenvalue weighted by Crippen LogP contribution is 2.31. The zero-order valence-electron chi connectivity index (χ0n) is 8.03. The Morgan fingerprint density at radius 3 is 2.42 bits per heavy atom. The Morgan fingerprint density at radius 2 is 1.83 bits per heavy atom. The molecule has 0 atom stereocenters. The first kappa shape index (κ1) is 8.31. The predicted molar refractivity (Wildman–Crippen MR) is 52.1 cm³/mol. The van der Waals surface area contributed by atoms with Crippen LogP contribution in [0.4, 0.5) is 0 Å². The van der Waals surface area contributed by atoms with E-state index in [1.807, 2.05) is 0 Å². The molecule has 2 aliphatic rings. The van der Waals surface area contributed by atoms with Gasteiger partial charge in [0.25, 0.3) is 0 Å². The lowest BCUT2D eigenvalue weighted by atomic mass is 9.84. The minimum atomic E-state index is 0.976. The second-order valence-corrected chi connectivity index (χ2v) is 4.32. The van der Waals surface area contributed by atoms with Crippen LogP contribution in [0.2, 0.25) is 0 Å². The zero-order chi connectivity index (χ0) is 8.39. The number of rotatable bonds is 0. The first-order chi connectivity index (χ1) is 5.86. The molecule has 1 N–H and O–H groups in total. The van der Waals surface area contributed by atoms with Crippen LogP contribution >= 0.6 is 0 Å². The summed E-state index contributed by atoms with van der Waals surface area (Å²) in [7, 11) is 0. The van der Waals surface area contributed by atoms with Gasteiger partial charge in [-0.05, 0) is 44.6 Å². The molecule has 1 saturated carbocycles. The normalized spacial score (nSPS) is 31.2. The predicted octanol–water partition coefficient (Wildman–Crippen LogP) is 2.49. The topological polar surface area (TPSA) is 12.0 Å². The van der Waals surface area contributed by atoms with Crippen LogP contribution in [0.15, 0.2) is 11.1 Å². The van der Waals surface area contributed by atoms with Crippen molar-refractivity contribution in [1.29, 1.82) is 0 Å². The average molecular weight is 165 g/mol. The molecule has 68 valence electrons. The van der Waals surface area contributed by atoms with Crippen LogP contribution in [0.3, 0.4) is 0 Å². The highest BCUT2D eigenvalue weighted by atomic mass is 14.9. The summed E-state index contributed by atoms with van der Waals surface area (Å²) in [4.78, 5) is 0. The van der Waals surface area contributed by atoms with Crippen LogP contribution in [-0.4, -0.2) is 13.1 Å². The highest BCUT2D eigenvalue weighted by molar-refractivity contribution is 5.20.